The lowest BCUT2D eigenvalue weighted by molar-refractivity contribution is 0.0765. The van der Waals surface area contributed by atoms with E-state index in [2.05, 4.69) is 16.9 Å². The summed E-state index contributed by atoms with van der Waals surface area (Å²) in [5.41, 5.74) is 6.36. The summed E-state index contributed by atoms with van der Waals surface area (Å²) in [6.07, 6.45) is 2.38. The monoisotopic (exact) mass is 268 g/mol. The van der Waals surface area contributed by atoms with Crippen LogP contribution in [0.1, 0.15) is 28.2 Å². The van der Waals surface area contributed by atoms with Crippen LogP contribution in [0.3, 0.4) is 0 Å². The minimum absolute atomic E-state index is 0.0296. The Labute approximate surface area is 112 Å². The summed E-state index contributed by atoms with van der Waals surface area (Å²) in [7, 11) is 3.97. The first-order chi connectivity index (χ1) is 8.49. The van der Waals surface area contributed by atoms with Crippen molar-refractivity contribution >= 4 is 22.4 Å². The number of likely N-dealkylation sites (N-methyl/N-ethyl adjacent to an activating group) is 2. The Kier molecular flexibility index (Phi) is 3.87. The smallest absolute Gasteiger partial charge is 0.265 e. The maximum absolute atomic E-state index is 12.3. The van der Waals surface area contributed by atoms with Gasteiger partial charge in [0.1, 0.15) is 4.88 Å². The molecule has 1 aromatic rings. The molecular weight excluding hydrogens is 248 g/mol. The molecule has 1 saturated heterocycles. The highest BCUT2D eigenvalue weighted by Gasteiger charge is 2.25. The van der Waals surface area contributed by atoms with Crippen LogP contribution in [0.2, 0.25) is 0 Å². The van der Waals surface area contributed by atoms with Crippen molar-refractivity contribution < 1.29 is 4.79 Å². The molecule has 2 heterocycles. The fraction of sp³-hybridized carbons (Fsp3) is 0.667. The SMILES string of the molecule is Cc1nc(N)sc1C(=O)N(C)CC1CCCN1C. The number of aryl methyl sites for hydroxylation is 1. The first-order valence-electron chi connectivity index (χ1n) is 6.17. The topological polar surface area (TPSA) is 62.5 Å². The van der Waals surface area contributed by atoms with Crippen LogP contribution in [-0.2, 0) is 0 Å². The molecular formula is C12H20N4OS. The van der Waals surface area contributed by atoms with Gasteiger partial charge < -0.3 is 15.5 Å². The molecule has 0 spiro atoms. The second-order valence-corrected chi connectivity index (χ2v) is 5.96. The van der Waals surface area contributed by atoms with Crippen molar-refractivity contribution in [1.29, 1.82) is 0 Å². The number of carbonyl (C=O) groups excluding carboxylic acids is 1. The third-order valence-corrected chi connectivity index (χ3v) is 4.48. The van der Waals surface area contributed by atoms with Gasteiger partial charge in [0.25, 0.3) is 5.91 Å². The predicted octanol–water partition coefficient (Wildman–Crippen LogP) is 1.20. The molecule has 0 saturated carbocycles. The van der Waals surface area contributed by atoms with Crippen LogP contribution in [0.5, 0.6) is 0 Å². The van der Waals surface area contributed by atoms with Crippen molar-refractivity contribution in [3.63, 3.8) is 0 Å². The molecule has 0 aliphatic carbocycles. The van der Waals surface area contributed by atoms with Gasteiger partial charge in [0.2, 0.25) is 0 Å². The number of aromatic nitrogens is 1. The van der Waals surface area contributed by atoms with Crippen LogP contribution in [0.4, 0.5) is 5.13 Å². The van der Waals surface area contributed by atoms with Gasteiger partial charge >= 0.3 is 0 Å². The number of amides is 1. The normalized spacial score (nSPS) is 20.3. The van der Waals surface area contributed by atoms with E-state index >= 15 is 0 Å². The second kappa shape index (κ2) is 5.24. The Bertz CT molecular complexity index is 445. The van der Waals surface area contributed by atoms with Crippen molar-refractivity contribution in [1.82, 2.24) is 14.8 Å². The van der Waals surface area contributed by atoms with Crippen LogP contribution < -0.4 is 5.73 Å². The van der Waals surface area contributed by atoms with E-state index in [1.54, 1.807) is 4.90 Å². The average molecular weight is 268 g/mol. The average Bonchev–Trinajstić information content (AvgIpc) is 2.85. The van der Waals surface area contributed by atoms with E-state index in [9.17, 15) is 4.79 Å². The van der Waals surface area contributed by atoms with E-state index in [1.165, 1.54) is 17.8 Å². The third kappa shape index (κ3) is 2.64. The molecule has 6 heteroatoms. The van der Waals surface area contributed by atoms with E-state index in [-0.39, 0.29) is 5.91 Å². The molecule has 1 aliphatic rings. The minimum atomic E-state index is 0.0296. The van der Waals surface area contributed by atoms with Crippen LogP contribution in [0, 0.1) is 6.92 Å². The molecule has 1 aliphatic heterocycles. The predicted molar refractivity (Wildman–Crippen MR) is 73.9 cm³/mol. The van der Waals surface area contributed by atoms with Crippen molar-refractivity contribution in [2.75, 3.05) is 32.9 Å². The molecule has 0 aromatic carbocycles. The van der Waals surface area contributed by atoms with Gasteiger partial charge in [-0.2, -0.15) is 0 Å². The van der Waals surface area contributed by atoms with Crippen molar-refractivity contribution in [2.45, 2.75) is 25.8 Å². The zero-order valence-corrected chi connectivity index (χ0v) is 12.0. The molecule has 0 radical (unpaired) electrons. The molecule has 5 nitrogen and oxygen atoms in total. The summed E-state index contributed by atoms with van der Waals surface area (Å²) in [5.74, 6) is 0.0296. The first kappa shape index (κ1) is 13.3. The Balaban J connectivity index is 2.02. The van der Waals surface area contributed by atoms with E-state index in [1.807, 2.05) is 14.0 Å². The number of nitrogen functional groups attached to an aromatic ring is 1. The molecule has 1 unspecified atom stereocenters. The van der Waals surface area contributed by atoms with Gasteiger partial charge in [-0.3, -0.25) is 4.79 Å². The van der Waals surface area contributed by atoms with Crippen molar-refractivity contribution in [3.05, 3.63) is 10.6 Å². The van der Waals surface area contributed by atoms with E-state index in [0.717, 1.165) is 25.2 Å². The quantitative estimate of drug-likeness (QED) is 0.895. The number of likely N-dealkylation sites (tertiary alicyclic amines) is 1. The largest absolute Gasteiger partial charge is 0.375 e. The van der Waals surface area contributed by atoms with Crippen LogP contribution in [0.15, 0.2) is 0 Å². The van der Waals surface area contributed by atoms with Gasteiger partial charge in [-0.05, 0) is 33.4 Å². The molecule has 100 valence electrons. The lowest BCUT2D eigenvalue weighted by Gasteiger charge is -2.25. The molecule has 0 bridgehead atoms. The number of anilines is 1. The number of nitrogens with zero attached hydrogens (tertiary/aromatic N) is 3. The first-order valence-corrected chi connectivity index (χ1v) is 6.99. The third-order valence-electron chi connectivity index (χ3n) is 3.51. The van der Waals surface area contributed by atoms with E-state index in [4.69, 9.17) is 5.73 Å². The Morgan fingerprint density at radius 2 is 2.39 bits per heavy atom. The second-order valence-electron chi connectivity index (χ2n) is 4.93. The fourth-order valence-electron chi connectivity index (χ4n) is 2.40. The van der Waals surface area contributed by atoms with E-state index in [0.29, 0.717) is 16.1 Å². The van der Waals surface area contributed by atoms with Crippen LogP contribution in [0.25, 0.3) is 0 Å². The zero-order valence-electron chi connectivity index (χ0n) is 11.1. The number of carbonyl (C=O) groups is 1. The van der Waals surface area contributed by atoms with Crippen molar-refractivity contribution in [3.8, 4) is 0 Å². The number of hydrogen-bond donors (Lipinski definition) is 1. The maximum Gasteiger partial charge on any atom is 0.265 e. The van der Waals surface area contributed by atoms with Gasteiger partial charge in [-0.1, -0.05) is 11.3 Å². The standard InChI is InChI=1S/C12H20N4OS/c1-8-10(18-12(13)14-8)11(17)16(3)7-9-5-4-6-15(9)2/h9H,4-7H2,1-3H3,(H2,13,14). The maximum atomic E-state index is 12.3. The minimum Gasteiger partial charge on any atom is -0.375 e. The highest BCUT2D eigenvalue weighted by atomic mass is 32.1. The summed E-state index contributed by atoms with van der Waals surface area (Å²) in [5, 5.41) is 0.460. The summed E-state index contributed by atoms with van der Waals surface area (Å²) in [6, 6.07) is 0.476. The molecule has 2 rings (SSSR count). The fourth-order valence-corrected chi connectivity index (χ4v) is 3.23. The van der Waals surface area contributed by atoms with Gasteiger partial charge in [0.15, 0.2) is 5.13 Å². The molecule has 1 fully saturated rings. The Morgan fingerprint density at radius 1 is 1.67 bits per heavy atom. The van der Waals surface area contributed by atoms with Gasteiger partial charge in [0, 0.05) is 19.6 Å². The number of nitrogens with two attached hydrogens (primary N) is 1. The summed E-state index contributed by atoms with van der Waals surface area (Å²) in [6.45, 7) is 3.72. The van der Waals surface area contributed by atoms with Gasteiger partial charge in [-0.15, -0.1) is 0 Å². The van der Waals surface area contributed by atoms with Crippen LogP contribution >= 0.6 is 11.3 Å². The molecule has 2 N–H and O–H groups in total. The Morgan fingerprint density at radius 3 is 2.89 bits per heavy atom. The summed E-state index contributed by atoms with van der Waals surface area (Å²) in [4.78, 5) is 21.2. The lowest BCUT2D eigenvalue weighted by Crippen LogP contribution is -2.39. The molecule has 1 aromatic heterocycles. The summed E-state index contributed by atoms with van der Waals surface area (Å²) >= 11 is 1.27. The zero-order chi connectivity index (χ0) is 13.3. The highest BCUT2D eigenvalue weighted by Crippen LogP contribution is 2.22. The molecule has 1 atom stereocenters. The number of rotatable bonds is 3. The van der Waals surface area contributed by atoms with Gasteiger partial charge in [0.05, 0.1) is 5.69 Å². The van der Waals surface area contributed by atoms with Gasteiger partial charge in [-0.25, -0.2) is 4.98 Å². The van der Waals surface area contributed by atoms with E-state index < -0.39 is 0 Å². The molecule has 1 amide bonds. The molecule has 18 heavy (non-hydrogen) atoms. The van der Waals surface area contributed by atoms with Crippen molar-refractivity contribution in [2.24, 2.45) is 0 Å². The lowest BCUT2D eigenvalue weighted by atomic mass is 10.2. The Hall–Kier alpha value is -1.14. The number of thiazole rings is 1. The highest BCUT2D eigenvalue weighted by molar-refractivity contribution is 7.17. The summed E-state index contributed by atoms with van der Waals surface area (Å²) < 4.78 is 0. The number of hydrogen-bond acceptors (Lipinski definition) is 5. The van der Waals surface area contributed by atoms with Crippen LogP contribution in [-0.4, -0.2) is 53.9 Å².